The summed E-state index contributed by atoms with van der Waals surface area (Å²) in [4.78, 5) is 24.7. The van der Waals surface area contributed by atoms with Crippen molar-refractivity contribution in [2.45, 2.75) is 51.5 Å². The average Bonchev–Trinajstić information content (AvgIpc) is 2.74. The second kappa shape index (κ2) is 9.52. The number of benzene rings is 1. The van der Waals surface area contributed by atoms with Crippen LogP contribution < -0.4 is 16.0 Å². The molecule has 0 spiro atoms. The fourth-order valence-electron chi connectivity index (χ4n) is 3.87. The number of rotatable bonds is 5. The zero-order valence-electron chi connectivity index (χ0n) is 16.4. The van der Waals surface area contributed by atoms with Gasteiger partial charge >= 0.3 is 0 Å². The lowest BCUT2D eigenvalue weighted by Gasteiger charge is -2.21. The molecule has 1 atom stereocenters. The molecule has 3 N–H and O–H groups in total. The summed E-state index contributed by atoms with van der Waals surface area (Å²) in [5, 5.41) is 18.0. The van der Waals surface area contributed by atoms with Crippen molar-refractivity contribution >= 4 is 11.8 Å². The van der Waals surface area contributed by atoms with Crippen molar-refractivity contribution in [3.05, 3.63) is 46.7 Å². The molecule has 1 heterocycles. The predicted octanol–water partition coefficient (Wildman–Crippen LogP) is 2.27. The van der Waals surface area contributed by atoms with Gasteiger partial charge in [-0.15, -0.1) is 0 Å². The molecule has 1 saturated heterocycles. The number of aryl methyl sites for hydroxylation is 2. The SMILES string of the molecule is CC(NC(=O)/C(C#N)=C\NC(=O)C1CCNCC1)c1ccc2c(c1)CCCC2. The highest BCUT2D eigenvalue weighted by atomic mass is 16.2. The number of amides is 2. The summed E-state index contributed by atoms with van der Waals surface area (Å²) in [6.07, 6.45) is 7.41. The zero-order chi connectivity index (χ0) is 19.9. The molecule has 0 aromatic heterocycles. The van der Waals surface area contributed by atoms with Crippen molar-refractivity contribution in [2.75, 3.05) is 13.1 Å². The number of piperidine rings is 1. The third-order valence-electron chi connectivity index (χ3n) is 5.65. The van der Waals surface area contributed by atoms with Crippen LogP contribution in [0.1, 0.15) is 55.3 Å². The van der Waals surface area contributed by atoms with Crippen LogP contribution >= 0.6 is 0 Å². The van der Waals surface area contributed by atoms with Crippen LogP contribution in [0.2, 0.25) is 0 Å². The number of hydrogen-bond donors (Lipinski definition) is 3. The maximum Gasteiger partial charge on any atom is 0.263 e. The molecule has 0 saturated carbocycles. The van der Waals surface area contributed by atoms with Gasteiger partial charge in [-0.05, 0) is 75.2 Å². The third-order valence-corrected chi connectivity index (χ3v) is 5.65. The molecule has 6 nitrogen and oxygen atoms in total. The number of hydrogen-bond acceptors (Lipinski definition) is 4. The van der Waals surface area contributed by atoms with Crippen molar-refractivity contribution in [1.29, 1.82) is 5.26 Å². The summed E-state index contributed by atoms with van der Waals surface area (Å²) in [6.45, 7) is 3.53. The standard InChI is InChI=1S/C22H28N4O2/c1-15(18-7-6-16-4-2-3-5-19(16)12-18)26-22(28)20(13-23)14-25-21(27)17-8-10-24-11-9-17/h6-7,12,14-15,17,24H,2-5,8-11H2,1H3,(H,25,27)(H,26,28)/b20-14-. The van der Waals surface area contributed by atoms with E-state index in [1.54, 1.807) is 0 Å². The van der Waals surface area contributed by atoms with Gasteiger partial charge in [-0.2, -0.15) is 5.26 Å². The first-order valence-corrected chi connectivity index (χ1v) is 10.1. The third kappa shape index (κ3) is 4.99. The molecule has 1 aliphatic carbocycles. The number of carbonyl (C=O) groups is 2. The van der Waals surface area contributed by atoms with Crippen LogP contribution in [0.15, 0.2) is 30.0 Å². The fourth-order valence-corrected chi connectivity index (χ4v) is 3.87. The lowest BCUT2D eigenvalue weighted by Crippen LogP contribution is -2.37. The largest absolute Gasteiger partial charge is 0.345 e. The molecule has 2 aliphatic rings. The highest BCUT2D eigenvalue weighted by Crippen LogP contribution is 2.24. The molecule has 1 fully saturated rings. The molecule has 148 valence electrons. The monoisotopic (exact) mass is 380 g/mol. The Morgan fingerprint density at radius 1 is 1.21 bits per heavy atom. The van der Waals surface area contributed by atoms with E-state index in [1.807, 2.05) is 19.1 Å². The Morgan fingerprint density at radius 2 is 1.93 bits per heavy atom. The van der Waals surface area contributed by atoms with Crippen LogP contribution in [-0.4, -0.2) is 24.9 Å². The normalized spacial score (nSPS) is 18.5. The molecule has 1 aromatic rings. The number of carbonyl (C=O) groups excluding carboxylic acids is 2. The Balaban J connectivity index is 1.60. The minimum absolute atomic E-state index is 0.0741. The summed E-state index contributed by atoms with van der Waals surface area (Å²) in [6, 6.07) is 8.03. The zero-order valence-corrected chi connectivity index (χ0v) is 16.4. The molecule has 0 bridgehead atoms. The van der Waals surface area contributed by atoms with E-state index in [0.717, 1.165) is 44.3 Å². The number of nitrogens with zero attached hydrogens (tertiary/aromatic N) is 1. The number of fused-ring (bicyclic) bond motifs is 1. The van der Waals surface area contributed by atoms with Gasteiger partial charge in [0.25, 0.3) is 5.91 Å². The molecule has 1 unspecified atom stereocenters. The van der Waals surface area contributed by atoms with Crippen LogP contribution in [0.5, 0.6) is 0 Å². The Morgan fingerprint density at radius 3 is 2.64 bits per heavy atom. The lowest BCUT2D eigenvalue weighted by atomic mass is 9.89. The van der Waals surface area contributed by atoms with E-state index in [4.69, 9.17) is 0 Å². The molecule has 6 heteroatoms. The maximum absolute atomic E-state index is 12.5. The van der Waals surface area contributed by atoms with Gasteiger partial charge in [0, 0.05) is 12.1 Å². The van der Waals surface area contributed by atoms with Gasteiger partial charge in [-0.25, -0.2) is 0 Å². The summed E-state index contributed by atoms with van der Waals surface area (Å²) >= 11 is 0. The first-order valence-electron chi connectivity index (χ1n) is 10.1. The van der Waals surface area contributed by atoms with Gasteiger partial charge in [-0.3, -0.25) is 9.59 Å². The van der Waals surface area contributed by atoms with E-state index >= 15 is 0 Å². The van der Waals surface area contributed by atoms with E-state index in [0.29, 0.717) is 0 Å². The Kier molecular flexibility index (Phi) is 6.83. The molecule has 3 rings (SSSR count). The first-order chi connectivity index (χ1) is 13.6. The molecule has 2 amide bonds. The minimum atomic E-state index is -0.474. The van der Waals surface area contributed by atoms with Gasteiger partial charge in [0.2, 0.25) is 5.91 Å². The fraction of sp³-hybridized carbons (Fsp3) is 0.500. The highest BCUT2D eigenvalue weighted by molar-refractivity contribution is 5.98. The number of nitriles is 1. The van der Waals surface area contributed by atoms with E-state index in [-0.39, 0.29) is 23.4 Å². The minimum Gasteiger partial charge on any atom is -0.345 e. The topological polar surface area (TPSA) is 94.0 Å². The average molecular weight is 380 g/mol. The second-order valence-corrected chi connectivity index (χ2v) is 7.63. The molecule has 1 aliphatic heterocycles. The summed E-state index contributed by atoms with van der Waals surface area (Å²) in [5.74, 6) is -0.682. The van der Waals surface area contributed by atoms with E-state index < -0.39 is 5.91 Å². The molecule has 1 aromatic carbocycles. The first kappa shape index (κ1) is 20.1. The number of nitrogens with one attached hydrogen (secondary N) is 3. The van der Waals surface area contributed by atoms with Crippen LogP contribution in [0.3, 0.4) is 0 Å². The lowest BCUT2D eigenvalue weighted by molar-refractivity contribution is -0.124. The maximum atomic E-state index is 12.5. The van der Waals surface area contributed by atoms with Gasteiger partial charge in [0.15, 0.2) is 0 Å². The second-order valence-electron chi connectivity index (χ2n) is 7.63. The van der Waals surface area contributed by atoms with Crippen molar-refractivity contribution in [3.63, 3.8) is 0 Å². The molecule has 28 heavy (non-hydrogen) atoms. The van der Waals surface area contributed by atoms with Gasteiger partial charge in [-0.1, -0.05) is 18.2 Å². The highest BCUT2D eigenvalue weighted by Gasteiger charge is 2.21. The van der Waals surface area contributed by atoms with Crippen molar-refractivity contribution in [1.82, 2.24) is 16.0 Å². The molecular weight excluding hydrogens is 352 g/mol. The van der Waals surface area contributed by atoms with Crippen LogP contribution in [-0.2, 0) is 22.4 Å². The smallest absolute Gasteiger partial charge is 0.263 e. The predicted molar refractivity (Wildman–Crippen MR) is 107 cm³/mol. The molecular formula is C22H28N4O2. The van der Waals surface area contributed by atoms with E-state index in [1.165, 1.54) is 30.2 Å². The van der Waals surface area contributed by atoms with Gasteiger partial charge in [0.1, 0.15) is 11.6 Å². The van der Waals surface area contributed by atoms with E-state index in [2.05, 4.69) is 28.1 Å². The van der Waals surface area contributed by atoms with Crippen molar-refractivity contribution in [2.24, 2.45) is 5.92 Å². The van der Waals surface area contributed by atoms with Crippen LogP contribution in [0.25, 0.3) is 0 Å². The summed E-state index contributed by atoms with van der Waals surface area (Å²) < 4.78 is 0. The summed E-state index contributed by atoms with van der Waals surface area (Å²) in [7, 11) is 0. The van der Waals surface area contributed by atoms with E-state index in [9.17, 15) is 14.9 Å². The summed E-state index contributed by atoms with van der Waals surface area (Å²) in [5.41, 5.74) is 3.69. The van der Waals surface area contributed by atoms with Crippen molar-refractivity contribution in [3.8, 4) is 6.07 Å². The Labute approximate surface area is 166 Å². The van der Waals surface area contributed by atoms with Gasteiger partial charge in [0.05, 0.1) is 6.04 Å². The van der Waals surface area contributed by atoms with Crippen LogP contribution in [0, 0.1) is 17.2 Å². The Hall–Kier alpha value is -2.65. The molecule has 0 radical (unpaired) electrons. The Bertz CT molecular complexity index is 803. The van der Waals surface area contributed by atoms with Gasteiger partial charge < -0.3 is 16.0 Å². The van der Waals surface area contributed by atoms with Crippen molar-refractivity contribution < 1.29 is 9.59 Å². The van der Waals surface area contributed by atoms with Crippen LogP contribution in [0.4, 0.5) is 0 Å². The quantitative estimate of drug-likeness (QED) is 0.539.